The molecule has 20 heavy (non-hydrogen) atoms. The first kappa shape index (κ1) is 15.5. The van der Waals surface area contributed by atoms with Crippen molar-refractivity contribution in [2.24, 2.45) is 5.73 Å². The Hall–Kier alpha value is -0.870. The zero-order valence-corrected chi connectivity index (χ0v) is 13.1. The minimum absolute atomic E-state index is 0.546. The predicted molar refractivity (Wildman–Crippen MR) is 83.6 cm³/mol. The third-order valence-corrected chi connectivity index (χ3v) is 4.59. The Morgan fingerprint density at radius 1 is 1.40 bits per heavy atom. The highest BCUT2D eigenvalue weighted by atomic mass is 15.3. The SMILES string of the molecule is CCC(CC)n1ccc(CN(CCCN)C2CCC2)n1. The fourth-order valence-corrected chi connectivity index (χ4v) is 2.97. The van der Waals surface area contributed by atoms with Crippen molar-refractivity contribution in [3.63, 3.8) is 0 Å². The summed E-state index contributed by atoms with van der Waals surface area (Å²) in [5, 5.41) is 4.78. The second kappa shape index (κ2) is 7.79. The molecule has 1 aromatic rings. The largest absolute Gasteiger partial charge is 0.330 e. The van der Waals surface area contributed by atoms with Gasteiger partial charge in [0, 0.05) is 25.3 Å². The molecule has 114 valence electrons. The van der Waals surface area contributed by atoms with E-state index >= 15 is 0 Å². The van der Waals surface area contributed by atoms with Gasteiger partial charge in [-0.2, -0.15) is 5.10 Å². The molecule has 2 N–H and O–H groups in total. The van der Waals surface area contributed by atoms with Crippen LogP contribution in [0.25, 0.3) is 0 Å². The molecule has 1 saturated carbocycles. The molecule has 1 aromatic heterocycles. The molecule has 0 atom stereocenters. The third kappa shape index (κ3) is 3.83. The van der Waals surface area contributed by atoms with Gasteiger partial charge in [0.15, 0.2) is 0 Å². The van der Waals surface area contributed by atoms with E-state index in [9.17, 15) is 0 Å². The van der Waals surface area contributed by atoms with Gasteiger partial charge in [-0.25, -0.2) is 0 Å². The molecule has 0 unspecified atom stereocenters. The van der Waals surface area contributed by atoms with E-state index in [2.05, 4.69) is 35.7 Å². The van der Waals surface area contributed by atoms with Gasteiger partial charge in [-0.1, -0.05) is 20.3 Å². The first-order valence-electron chi connectivity index (χ1n) is 8.26. The predicted octanol–water partition coefficient (Wildman–Crippen LogP) is 2.95. The molecule has 2 rings (SSSR count). The van der Waals surface area contributed by atoms with Gasteiger partial charge in [-0.3, -0.25) is 9.58 Å². The van der Waals surface area contributed by atoms with Crippen molar-refractivity contribution in [1.82, 2.24) is 14.7 Å². The Morgan fingerprint density at radius 2 is 2.15 bits per heavy atom. The summed E-state index contributed by atoms with van der Waals surface area (Å²) in [6.45, 7) is 7.34. The molecule has 0 spiro atoms. The lowest BCUT2D eigenvalue weighted by atomic mass is 9.91. The highest BCUT2D eigenvalue weighted by Crippen LogP contribution is 2.26. The number of aromatic nitrogens is 2. The highest BCUT2D eigenvalue weighted by Gasteiger charge is 2.25. The van der Waals surface area contributed by atoms with Crippen molar-refractivity contribution in [3.05, 3.63) is 18.0 Å². The quantitative estimate of drug-likeness (QED) is 0.755. The standard InChI is InChI=1S/C16H30N4/c1-3-15(4-2)20-12-9-14(18-20)13-19(11-6-10-17)16-7-5-8-16/h9,12,15-16H,3-8,10-11,13,17H2,1-2H3. The van der Waals surface area contributed by atoms with Crippen LogP contribution in [0, 0.1) is 0 Å². The summed E-state index contributed by atoms with van der Waals surface area (Å²) >= 11 is 0. The Bertz CT molecular complexity index is 380. The average Bonchev–Trinajstić information content (AvgIpc) is 2.84. The Labute approximate surface area is 123 Å². The zero-order chi connectivity index (χ0) is 14.4. The lowest BCUT2D eigenvalue weighted by Gasteiger charge is -2.37. The molecule has 1 aliphatic carbocycles. The monoisotopic (exact) mass is 278 g/mol. The van der Waals surface area contributed by atoms with Crippen molar-refractivity contribution in [2.45, 2.75) is 71.0 Å². The van der Waals surface area contributed by atoms with Gasteiger partial charge >= 0.3 is 0 Å². The van der Waals surface area contributed by atoms with E-state index in [0.29, 0.717) is 6.04 Å². The van der Waals surface area contributed by atoms with Crippen LogP contribution in [0.1, 0.15) is 64.1 Å². The van der Waals surface area contributed by atoms with Crippen molar-refractivity contribution in [2.75, 3.05) is 13.1 Å². The first-order chi connectivity index (χ1) is 9.78. The Morgan fingerprint density at radius 3 is 2.70 bits per heavy atom. The van der Waals surface area contributed by atoms with E-state index in [0.717, 1.165) is 44.9 Å². The summed E-state index contributed by atoms with van der Waals surface area (Å²) in [4.78, 5) is 2.58. The molecule has 0 aromatic carbocycles. The van der Waals surface area contributed by atoms with E-state index < -0.39 is 0 Å². The molecule has 0 amide bonds. The summed E-state index contributed by atoms with van der Waals surface area (Å²) in [5.41, 5.74) is 6.87. The minimum atomic E-state index is 0.546. The molecule has 1 aliphatic rings. The maximum absolute atomic E-state index is 5.66. The third-order valence-electron chi connectivity index (χ3n) is 4.59. The van der Waals surface area contributed by atoms with Crippen molar-refractivity contribution >= 4 is 0 Å². The van der Waals surface area contributed by atoms with Crippen LogP contribution in [0.5, 0.6) is 0 Å². The molecular formula is C16H30N4. The molecule has 4 heteroatoms. The summed E-state index contributed by atoms with van der Waals surface area (Å²) in [7, 11) is 0. The van der Waals surface area contributed by atoms with Crippen molar-refractivity contribution < 1.29 is 0 Å². The molecule has 0 radical (unpaired) electrons. The van der Waals surface area contributed by atoms with Crippen LogP contribution in [0.4, 0.5) is 0 Å². The van der Waals surface area contributed by atoms with Crippen LogP contribution in [-0.4, -0.2) is 33.8 Å². The van der Waals surface area contributed by atoms with Crippen molar-refractivity contribution in [1.29, 1.82) is 0 Å². The van der Waals surface area contributed by atoms with Gasteiger partial charge in [0.2, 0.25) is 0 Å². The minimum Gasteiger partial charge on any atom is -0.330 e. The van der Waals surface area contributed by atoms with Crippen LogP contribution in [-0.2, 0) is 6.54 Å². The van der Waals surface area contributed by atoms with Gasteiger partial charge in [0.25, 0.3) is 0 Å². The molecule has 4 nitrogen and oxygen atoms in total. The van der Waals surface area contributed by atoms with Gasteiger partial charge in [0.1, 0.15) is 0 Å². The van der Waals surface area contributed by atoms with E-state index in [-0.39, 0.29) is 0 Å². The van der Waals surface area contributed by atoms with E-state index in [1.165, 1.54) is 25.0 Å². The van der Waals surface area contributed by atoms with Crippen LogP contribution in [0.3, 0.4) is 0 Å². The second-order valence-electron chi connectivity index (χ2n) is 5.95. The topological polar surface area (TPSA) is 47.1 Å². The number of nitrogens with two attached hydrogens (primary N) is 1. The van der Waals surface area contributed by atoms with Gasteiger partial charge in [-0.05, 0) is 44.7 Å². The fourth-order valence-electron chi connectivity index (χ4n) is 2.97. The Kier molecular flexibility index (Phi) is 6.05. The Balaban J connectivity index is 1.95. The summed E-state index contributed by atoms with van der Waals surface area (Å²) in [6, 6.07) is 3.50. The van der Waals surface area contributed by atoms with E-state index in [1.807, 2.05) is 0 Å². The summed E-state index contributed by atoms with van der Waals surface area (Å²) in [5.74, 6) is 0. The van der Waals surface area contributed by atoms with Crippen LogP contribution < -0.4 is 5.73 Å². The van der Waals surface area contributed by atoms with Crippen LogP contribution >= 0.6 is 0 Å². The van der Waals surface area contributed by atoms with E-state index in [1.54, 1.807) is 0 Å². The lowest BCUT2D eigenvalue weighted by molar-refractivity contribution is 0.117. The number of hydrogen-bond donors (Lipinski definition) is 1. The van der Waals surface area contributed by atoms with Gasteiger partial charge in [0.05, 0.1) is 11.7 Å². The van der Waals surface area contributed by atoms with Crippen molar-refractivity contribution in [3.8, 4) is 0 Å². The summed E-state index contributed by atoms with van der Waals surface area (Å²) in [6.07, 6.45) is 9.61. The average molecular weight is 278 g/mol. The molecule has 1 fully saturated rings. The zero-order valence-electron chi connectivity index (χ0n) is 13.1. The molecule has 0 aliphatic heterocycles. The maximum Gasteiger partial charge on any atom is 0.0765 e. The normalized spacial score (nSPS) is 16.1. The van der Waals surface area contributed by atoms with Crippen LogP contribution in [0.15, 0.2) is 12.3 Å². The molecule has 1 heterocycles. The second-order valence-corrected chi connectivity index (χ2v) is 5.95. The van der Waals surface area contributed by atoms with E-state index in [4.69, 9.17) is 10.8 Å². The number of rotatable bonds is 9. The first-order valence-corrected chi connectivity index (χ1v) is 8.26. The molecule has 0 saturated heterocycles. The highest BCUT2D eigenvalue weighted by molar-refractivity contribution is 5.01. The molecular weight excluding hydrogens is 248 g/mol. The lowest BCUT2D eigenvalue weighted by Crippen LogP contribution is -2.40. The number of hydrogen-bond acceptors (Lipinski definition) is 3. The fraction of sp³-hybridized carbons (Fsp3) is 0.812. The van der Waals surface area contributed by atoms with Crippen LogP contribution in [0.2, 0.25) is 0 Å². The maximum atomic E-state index is 5.66. The summed E-state index contributed by atoms with van der Waals surface area (Å²) < 4.78 is 2.15. The van der Waals surface area contributed by atoms with Gasteiger partial charge < -0.3 is 5.73 Å². The smallest absolute Gasteiger partial charge is 0.0765 e. The molecule has 0 bridgehead atoms. The number of nitrogens with zero attached hydrogens (tertiary/aromatic N) is 3. The van der Waals surface area contributed by atoms with Gasteiger partial charge in [-0.15, -0.1) is 0 Å².